The Balaban J connectivity index is 1.52. The summed E-state index contributed by atoms with van der Waals surface area (Å²) >= 11 is 0. The van der Waals surface area contributed by atoms with Crippen LogP contribution < -0.4 is 5.32 Å². The van der Waals surface area contributed by atoms with Crippen LogP contribution in [-0.2, 0) is 38.1 Å². The van der Waals surface area contributed by atoms with Gasteiger partial charge in [-0.2, -0.15) is 0 Å². The molecule has 1 unspecified atom stereocenters. The van der Waals surface area contributed by atoms with E-state index in [1.54, 1.807) is 88.4 Å². The van der Waals surface area contributed by atoms with Crippen LogP contribution in [0.15, 0.2) is 71.8 Å². The van der Waals surface area contributed by atoms with Gasteiger partial charge in [-0.1, -0.05) is 69.3 Å². The zero-order chi connectivity index (χ0) is 38.7. The standard InChI is InChI=1S/C41H51NO11/c1-22-26(52-37(47)31(44)30(42-23(2)43)24-15-11-9-12-16-24)20-41(48)35(53-36(46)25-17-13-10-14-18-25)33-39(5)21-51-27(39)19-28(49-7)40(33,6)34(45)32(50-8)29(22)38(41,3)4/h9-18,26-28,30-33,35,44,48H,19-21H2,1-8H3,(H,42,43)/t26?,27-,28+,30+,31-,32-,33-,35+,39-,40-,41-/m1/s1. The second-order valence-corrected chi connectivity index (χ2v) is 16.0. The Morgan fingerprint density at radius 1 is 0.943 bits per heavy atom. The number of ether oxygens (including phenoxy) is 5. The molecule has 4 aliphatic rings. The summed E-state index contributed by atoms with van der Waals surface area (Å²) in [6.45, 7) is 10.6. The number of ketones is 1. The van der Waals surface area contributed by atoms with Crippen molar-refractivity contribution in [3.8, 4) is 0 Å². The first-order chi connectivity index (χ1) is 25.0. The number of amides is 1. The molecule has 286 valence electrons. The van der Waals surface area contributed by atoms with E-state index in [1.807, 2.05) is 6.92 Å². The van der Waals surface area contributed by atoms with Crippen LogP contribution in [0.1, 0.15) is 76.3 Å². The fraction of sp³-hybridized carbons (Fsp3) is 0.561. The van der Waals surface area contributed by atoms with Gasteiger partial charge in [-0.15, -0.1) is 0 Å². The molecular weight excluding hydrogens is 682 g/mol. The fourth-order valence-electron chi connectivity index (χ4n) is 9.86. The van der Waals surface area contributed by atoms with E-state index in [0.29, 0.717) is 23.1 Å². The molecule has 3 fully saturated rings. The van der Waals surface area contributed by atoms with Crippen LogP contribution >= 0.6 is 0 Å². The highest BCUT2D eigenvalue weighted by molar-refractivity contribution is 5.94. The second-order valence-electron chi connectivity index (χ2n) is 16.0. The fourth-order valence-corrected chi connectivity index (χ4v) is 9.86. The number of hydrogen-bond donors (Lipinski definition) is 3. The maximum absolute atomic E-state index is 15.3. The van der Waals surface area contributed by atoms with Gasteiger partial charge in [0.2, 0.25) is 5.91 Å². The van der Waals surface area contributed by atoms with Gasteiger partial charge in [0.15, 0.2) is 11.9 Å². The highest BCUT2D eigenvalue weighted by atomic mass is 16.6. The van der Waals surface area contributed by atoms with E-state index in [9.17, 15) is 24.6 Å². The zero-order valence-electron chi connectivity index (χ0n) is 31.6. The summed E-state index contributed by atoms with van der Waals surface area (Å²) in [5.41, 5.74) is -3.82. The largest absolute Gasteiger partial charge is 0.456 e. The molecule has 2 bridgehead atoms. The number of benzene rings is 2. The number of rotatable bonds is 9. The van der Waals surface area contributed by atoms with Gasteiger partial charge in [-0.25, -0.2) is 9.59 Å². The number of aliphatic hydroxyl groups excluding tert-OH is 1. The molecule has 12 nitrogen and oxygen atoms in total. The van der Waals surface area contributed by atoms with Gasteiger partial charge >= 0.3 is 11.9 Å². The lowest BCUT2D eigenvalue weighted by Crippen LogP contribution is -2.78. The molecule has 2 aromatic carbocycles. The lowest BCUT2D eigenvalue weighted by Gasteiger charge is -2.68. The van der Waals surface area contributed by atoms with Gasteiger partial charge in [0.05, 0.1) is 35.8 Å². The number of carbonyl (C=O) groups is 4. The summed E-state index contributed by atoms with van der Waals surface area (Å²) in [7, 11) is 2.95. The molecule has 12 heteroatoms. The Morgan fingerprint density at radius 2 is 1.57 bits per heavy atom. The van der Waals surface area contributed by atoms with Gasteiger partial charge in [-0.3, -0.25) is 9.59 Å². The minimum atomic E-state index is -1.99. The molecule has 0 radical (unpaired) electrons. The highest BCUT2D eigenvalue weighted by Crippen LogP contribution is 2.66. The topological polar surface area (TPSA) is 167 Å². The van der Waals surface area contributed by atoms with Crippen LogP contribution in [0.5, 0.6) is 0 Å². The third-order valence-corrected chi connectivity index (χ3v) is 12.8. The first-order valence-electron chi connectivity index (χ1n) is 18.1. The van der Waals surface area contributed by atoms with E-state index in [-0.39, 0.29) is 30.5 Å². The Labute approximate surface area is 310 Å². The Morgan fingerprint density at radius 3 is 2.11 bits per heavy atom. The van der Waals surface area contributed by atoms with E-state index in [4.69, 9.17) is 23.7 Å². The van der Waals surface area contributed by atoms with Crippen LogP contribution in [0, 0.1) is 22.2 Å². The van der Waals surface area contributed by atoms with E-state index in [1.165, 1.54) is 21.1 Å². The Hall–Kier alpha value is -3.94. The molecule has 6 rings (SSSR count). The third kappa shape index (κ3) is 6.03. The summed E-state index contributed by atoms with van der Waals surface area (Å²) in [6.07, 6.45) is -6.51. The number of Topliss-reactive ketones (excluding diaryl/α,β-unsaturated/α-hetero) is 1. The maximum Gasteiger partial charge on any atom is 0.338 e. The van der Waals surface area contributed by atoms with Crippen LogP contribution in [0.3, 0.4) is 0 Å². The molecule has 1 heterocycles. The summed E-state index contributed by atoms with van der Waals surface area (Å²) in [5, 5.41) is 27.6. The number of hydrogen-bond acceptors (Lipinski definition) is 11. The van der Waals surface area contributed by atoms with Gasteiger partial charge < -0.3 is 39.2 Å². The SMILES string of the molecule is CO[C@H]1C(=O)[C@]2(C)[C@@H](OC)C[C@H]3OC[C@@]3(C)[C@H]2[C@H](OC(=O)c2ccccc2)[C@]2(O)CC(OC(=O)[C@H](O)[C@@H](NC(C)=O)c3ccccc3)C(C)=C1C2(C)C. The average molecular weight is 734 g/mol. The zero-order valence-corrected chi connectivity index (χ0v) is 31.6. The first-order valence-corrected chi connectivity index (χ1v) is 18.1. The van der Waals surface area contributed by atoms with Gasteiger partial charge in [-0.05, 0) is 42.7 Å². The van der Waals surface area contributed by atoms with Crippen LogP contribution in [0.4, 0.5) is 0 Å². The Bertz CT molecular complexity index is 1780. The van der Waals surface area contributed by atoms with Gasteiger partial charge in [0, 0.05) is 50.7 Å². The van der Waals surface area contributed by atoms with Crippen molar-refractivity contribution in [1.82, 2.24) is 5.32 Å². The highest BCUT2D eigenvalue weighted by Gasteiger charge is 2.75. The number of fused-ring (bicyclic) bond motifs is 5. The number of esters is 2. The van der Waals surface area contributed by atoms with Crippen molar-refractivity contribution in [2.45, 2.75) is 103 Å². The van der Waals surface area contributed by atoms with Gasteiger partial charge in [0.1, 0.15) is 23.9 Å². The second kappa shape index (κ2) is 14.0. The average Bonchev–Trinajstić information content (AvgIpc) is 3.13. The molecule has 53 heavy (non-hydrogen) atoms. The van der Waals surface area contributed by atoms with Crippen molar-refractivity contribution in [3.63, 3.8) is 0 Å². The van der Waals surface area contributed by atoms with Crippen molar-refractivity contribution in [3.05, 3.63) is 82.9 Å². The number of carbonyl (C=O) groups excluding carboxylic acids is 4. The lowest BCUT2D eigenvalue weighted by atomic mass is 9.42. The third-order valence-electron chi connectivity index (χ3n) is 12.8. The van der Waals surface area contributed by atoms with Crippen LogP contribution in [0.2, 0.25) is 0 Å². The molecule has 2 saturated carbocycles. The summed E-state index contributed by atoms with van der Waals surface area (Å²) < 4.78 is 30.8. The summed E-state index contributed by atoms with van der Waals surface area (Å²) in [4.78, 5) is 55.5. The van der Waals surface area contributed by atoms with Crippen molar-refractivity contribution in [2.75, 3.05) is 20.8 Å². The lowest BCUT2D eigenvalue weighted by molar-refractivity contribution is -0.316. The molecule has 0 spiro atoms. The normalized spacial score (nSPS) is 35.6. The van der Waals surface area contributed by atoms with E-state index in [0.717, 1.165) is 0 Å². The van der Waals surface area contributed by atoms with Gasteiger partial charge in [0.25, 0.3) is 0 Å². The quantitative estimate of drug-likeness (QED) is 0.253. The molecule has 1 amide bonds. The summed E-state index contributed by atoms with van der Waals surface area (Å²) in [6, 6.07) is 15.8. The Kier molecular flexibility index (Phi) is 10.3. The van der Waals surface area contributed by atoms with E-state index >= 15 is 4.79 Å². The molecular formula is C41H51NO11. The van der Waals surface area contributed by atoms with Crippen molar-refractivity contribution in [1.29, 1.82) is 0 Å². The van der Waals surface area contributed by atoms with Crippen molar-refractivity contribution in [2.24, 2.45) is 22.2 Å². The van der Waals surface area contributed by atoms with Crippen molar-refractivity contribution < 1.29 is 53.1 Å². The molecule has 3 N–H and O–H groups in total. The van der Waals surface area contributed by atoms with Crippen LogP contribution in [-0.4, -0.2) is 96.9 Å². The number of aliphatic hydroxyl groups is 2. The smallest absolute Gasteiger partial charge is 0.338 e. The predicted octanol–water partition coefficient (Wildman–Crippen LogP) is 3.88. The molecule has 1 saturated heterocycles. The predicted molar refractivity (Wildman–Crippen MR) is 191 cm³/mol. The number of methoxy groups -OCH3 is 2. The van der Waals surface area contributed by atoms with Crippen LogP contribution in [0.25, 0.3) is 0 Å². The minimum absolute atomic E-state index is 0.242. The first kappa shape index (κ1) is 38.8. The molecule has 1 aliphatic heterocycles. The van der Waals surface area contributed by atoms with E-state index in [2.05, 4.69) is 5.32 Å². The number of nitrogens with one attached hydrogen (secondary N) is 1. The molecule has 0 aromatic heterocycles. The molecule has 2 aromatic rings. The summed E-state index contributed by atoms with van der Waals surface area (Å²) in [5.74, 6) is -3.40. The molecule has 11 atom stereocenters. The van der Waals surface area contributed by atoms with E-state index < -0.39 is 82.2 Å². The van der Waals surface area contributed by atoms with Crippen molar-refractivity contribution >= 4 is 23.6 Å². The monoisotopic (exact) mass is 733 g/mol. The maximum atomic E-state index is 15.3. The molecule has 3 aliphatic carbocycles. The minimum Gasteiger partial charge on any atom is -0.456 e.